The Hall–Kier alpha value is -0.610. The minimum Gasteiger partial charge on any atom is -0.391 e. The molecular formula is C13H28N2O2. The maximum absolute atomic E-state index is 11.4. The largest absolute Gasteiger partial charge is 0.391 e. The van der Waals surface area contributed by atoms with Crippen molar-refractivity contribution in [2.75, 3.05) is 13.1 Å². The third-order valence-electron chi connectivity index (χ3n) is 2.64. The van der Waals surface area contributed by atoms with E-state index in [1.54, 1.807) is 0 Å². The molecule has 0 aromatic carbocycles. The number of hydrogen-bond acceptors (Lipinski definition) is 3. The summed E-state index contributed by atoms with van der Waals surface area (Å²) in [4.78, 5) is 11.4. The molecule has 0 aliphatic carbocycles. The van der Waals surface area contributed by atoms with E-state index in [0.717, 1.165) is 38.6 Å². The van der Waals surface area contributed by atoms with E-state index in [4.69, 9.17) is 5.73 Å². The summed E-state index contributed by atoms with van der Waals surface area (Å²) in [7, 11) is 0. The molecule has 4 heteroatoms. The Bertz CT molecular complexity index is 196. The van der Waals surface area contributed by atoms with Crippen molar-refractivity contribution in [3.63, 3.8) is 0 Å². The van der Waals surface area contributed by atoms with Crippen molar-refractivity contribution in [1.82, 2.24) is 5.32 Å². The first-order valence-corrected chi connectivity index (χ1v) is 6.71. The molecule has 0 aliphatic heterocycles. The Morgan fingerprint density at radius 1 is 1.24 bits per heavy atom. The highest BCUT2D eigenvalue weighted by Crippen LogP contribution is 2.04. The lowest BCUT2D eigenvalue weighted by atomic mass is 10.1. The van der Waals surface area contributed by atoms with Crippen LogP contribution >= 0.6 is 0 Å². The molecule has 0 aromatic heterocycles. The van der Waals surface area contributed by atoms with Gasteiger partial charge in [0.05, 0.1) is 6.10 Å². The van der Waals surface area contributed by atoms with E-state index in [2.05, 4.69) is 19.2 Å². The van der Waals surface area contributed by atoms with Gasteiger partial charge in [0.25, 0.3) is 0 Å². The molecule has 0 heterocycles. The zero-order valence-electron chi connectivity index (χ0n) is 11.2. The number of amides is 1. The summed E-state index contributed by atoms with van der Waals surface area (Å²) >= 11 is 0. The van der Waals surface area contributed by atoms with Crippen molar-refractivity contribution in [1.29, 1.82) is 0 Å². The van der Waals surface area contributed by atoms with Crippen molar-refractivity contribution in [3.8, 4) is 0 Å². The normalized spacial score (nSPS) is 12.8. The zero-order valence-corrected chi connectivity index (χ0v) is 11.2. The van der Waals surface area contributed by atoms with Gasteiger partial charge in [0.2, 0.25) is 5.91 Å². The molecule has 17 heavy (non-hydrogen) atoms. The van der Waals surface area contributed by atoms with Gasteiger partial charge in [-0.15, -0.1) is 0 Å². The molecule has 0 radical (unpaired) electrons. The summed E-state index contributed by atoms with van der Waals surface area (Å²) in [6.45, 7) is 5.22. The molecule has 0 rings (SSSR count). The number of unbranched alkanes of at least 4 members (excludes halogenated alkanes) is 3. The van der Waals surface area contributed by atoms with Crippen molar-refractivity contribution in [2.24, 2.45) is 11.7 Å². The molecule has 4 nitrogen and oxygen atoms in total. The highest BCUT2D eigenvalue weighted by atomic mass is 16.3. The second-order valence-corrected chi connectivity index (χ2v) is 5.04. The number of nitrogens with one attached hydrogen (secondary N) is 1. The molecule has 0 saturated carbocycles. The van der Waals surface area contributed by atoms with Crippen LogP contribution in [0.25, 0.3) is 0 Å². The van der Waals surface area contributed by atoms with E-state index < -0.39 is 6.10 Å². The zero-order chi connectivity index (χ0) is 13.1. The van der Waals surface area contributed by atoms with Crippen LogP contribution in [-0.2, 0) is 4.79 Å². The molecule has 0 fully saturated rings. The molecule has 4 N–H and O–H groups in total. The first-order chi connectivity index (χ1) is 8.06. The Morgan fingerprint density at radius 3 is 2.47 bits per heavy atom. The summed E-state index contributed by atoms with van der Waals surface area (Å²) < 4.78 is 0. The van der Waals surface area contributed by atoms with Crippen LogP contribution in [-0.4, -0.2) is 30.2 Å². The lowest BCUT2D eigenvalue weighted by Gasteiger charge is -2.13. The van der Waals surface area contributed by atoms with Crippen molar-refractivity contribution in [3.05, 3.63) is 0 Å². The molecule has 1 amide bonds. The van der Waals surface area contributed by atoms with Gasteiger partial charge in [-0.1, -0.05) is 26.7 Å². The van der Waals surface area contributed by atoms with Crippen LogP contribution in [0.1, 0.15) is 52.4 Å². The Morgan fingerprint density at radius 2 is 1.88 bits per heavy atom. The van der Waals surface area contributed by atoms with Crippen LogP contribution < -0.4 is 11.1 Å². The van der Waals surface area contributed by atoms with Gasteiger partial charge in [0, 0.05) is 13.0 Å². The topological polar surface area (TPSA) is 75.3 Å². The predicted octanol–water partition coefficient (Wildman–Crippen LogP) is 1.42. The van der Waals surface area contributed by atoms with Crippen LogP contribution in [0.4, 0.5) is 0 Å². The number of hydrogen-bond donors (Lipinski definition) is 3. The quantitative estimate of drug-likeness (QED) is 0.509. The second-order valence-electron chi connectivity index (χ2n) is 5.04. The van der Waals surface area contributed by atoms with Gasteiger partial charge in [-0.25, -0.2) is 0 Å². The van der Waals surface area contributed by atoms with Crippen LogP contribution in [0.2, 0.25) is 0 Å². The maximum atomic E-state index is 11.4. The SMILES string of the molecule is CC(C)CC(O)CNC(=O)CCCCCCN. The predicted molar refractivity (Wildman–Crippen MR) is 70.6 cm³/mol. The summed E-state index contributed by atoms with van der Waals surface area (Å²) in [5, 5.41) is 12.3. The van der Waals surface area contributed by atoms with Gasteiger partial charge in [0.15, 0.2) is 0 Å². The summed E-state index contributed by atoms with van der Waals surface area (Å²) in [6, 6.07) is 0. The van der Waals surface area contributed by atoms with Gasteiger partial charge in [-0.2, -0.15) is 0 Å². The van der Waals surface area contributed by atoms with Gasteiger partial charge < -0.3 is 16.2 Å². The van der Waals surface area contributed by atoms with Crippen LogP contribution in [0.15, 0.2) is 0 Å². The highest BCUT2D eigenvalue weighted by molar-refractivity contribution is 5.75. The summed E-state index contributed by atoms with van der Waals surface area (Å²) in [6.07, 6.45) is 4.96. The smallest absolute Gasteiger partial charge is 0.220 e. The fourth-order valence-corrected chi connectivity index (χ4v) is 1.73. The average molecular weight is 244 g/mol. The first kappa shape index (κ1) is 16.4. The van der Waals surface area contributed by atoms with E-state index in [9.17, 15) is 9.90 Å². The van der Waals surface area contributed by atoms with Crippen LogP contribution in [0, 0.1) is 5.92 Å². The monoisotopic (exact) mass is 244 g/mol. The fourth-order valence-electron chi connectivity index (χ4n) is 1.73. The molecule has 0 aromatic rings. The average Bonchev–Trinajstić information content (AvgIpc) is 2.25. The second kappa shape index (κ2) is 10.5. The Kier molecular flexibility index (Phi) is 10.2. The molecule has 102 valence electrons. The number of nitrogens with two attached hydrogens (primary N) is 1. The minimum atomic E-state index is -0.420. The lowest BCUT2D eigenvalue weighted by Crippen LogP contribution is -2.32. The standard InChI is InChI=1S/C13H28N2O2/c1-11(2)9-12(16)10-15-13(17)7-5-3-4-6-8-14/h11-12,16H,3-10,14H2,1-2H3,(H,15,17). The molecule has 0 bridgehead atoms. The summed E-state index contributed by atoms with van der Waals surface area (Å²) in [5.74, 6) is 0.499. The number of carbonyl (C=O) groups is 1. The third-order valence-corrected chi connectivity index (χ3v) is 2.64. The van der Waals surface area contributed by atoms with E-state index >= 15 is 0 Å². The molecule has 1 atom stereocenters. The van der Waals surface area contributed by atoms with Crippen molar-refractivity contribution < 1.29 is 9.90 Å². The highest BCUT2D eigenvalue weighted by Gasteiger charge is 2.08. The Balaban J connectivity index is 3.40. The number of aliphatic hydroxyl groups is 1. The molecule has 0 spiro atoms. The maximum Gasteiger partial charge on any atom is 0.220 e. The molecule has 0 aliphatic rings. The van der Waals surface area contributed by atoms with Gasteiger partial charge >= 0.3 is 0 Å². The fraction of sp³-hybridized carbons (Fsp3) is 0.923. The number of carbonyl (C=O) groups excluding carboxylic acids is 1. The third kappa shape index (κ3) is 11.6. The molecule has 1 unspecified atom stereocenters. The molecular weight excluding hydrogens is 216 g/mol. The van der Waals surface area contributed by atoms with E-state index in [-0.39, 0.29) is 5.91 Å². The summed E-state index contributed by atoms with van der Waals surface area (Å²) in [5.41, 5.74) is 5.38. The number of aliphatic hydroxyl groups excluding tert-OH is 1. The van der Waals surface area contributed by atoms with Crippen LogP contribution in [0.3, 0.4) is 0 Å². The Labute approximate surface area is 105 Å². The lowest BCUT2D eigenvalue weighted by molar-refractivity contribution is -0.121. The van der Waals surface area contributed by atoms with E-state index in [1.165, 1.54) is 0 Å². The van der Waals surface area contributed by atoms with E-state index in [1.807, 2.05) is 0 Å². The minimum absolute atomic E-state index is 0.0422. The van der Waals surface area contributed by atoms with Crippen LogP contribution in [0.5, 0.6) is 0 Å². The van der Waals surface area contributed by atoms with Gasteiger partial charge in [-0.3, -0.25) is 4.79 Å². The van der Waals surface area contributed by atoms with Gasteiger partial charge in [0.1, 0.15) is 0 Å². The van der Waals surface area contributed by atoms with Crippen molar-refractivity contribution in [2.45, 2.75) is 58.5 Å². The molecule has 0 saturated heterocycles. The number of rotatable bonds is 10. The van der Waals surface area contributed by atoms with Gasteiger partial charge in [-0.05, 0) is 31.7 Å². The van der Waals surface area contributed by atoms with E-state index in [0.29, 0.717) is 18.9 Å². The first-order valence-electron chi connectivity index (χ1n) is 6.71. The van der Waals surface area contributed by atoms with Crippen molar-refractivity contribution >= 4 is 5.91 Å².